The Balaban J connectivity index is 1.60. The monoisotopic (exact) mass is 376 g/mol. The molecule has 0 aromatic heterocycles. The minimum absolute atomic E-state index is 0.100. The molecule has 2 N–H and O–H groups in total. The number of carbonyl (C=O) groups is 1. The van der Waals surface area contributed by atoms with Gasteiger partial charge < -0.3 is 20.1 Å². The fourth-order valence-corrected chi connectivity index (χ4v) is 2.79. The molecule has 0 radical (unpaired) electrons. The van der Waals surface area contributed by atoms with Crippen molar-refractivity contribution in [3.63, 3.8) is 0 Å². The molecule has 5 heteroatoms. The lowest BCUT2D eigenvalue weighted by molar-refractivity contribution is 0.249. The Morgan fingerprint density at radius 3 is 2.29 bits per heavy atom. The lowest BCUT2D eigenvalue weighted by Crippen LogP contribution is -2.31. The van der Waals surface area contributed by atoms with Crippen molar-refractivity contribution in [2.45, 2.75) is 19.6 Å². The third kappa shape index (κ3) is 5.27. The molecule has 0 aliphatic heterocycles. The molecule has 0 aliphatic carbocycles. The van der Waals surface area contributed by atoms with Gasteiger partial charge in [-0.3, -0.25) is 0 Å². The normalized spacial score (nSPS) is 11.4. The van der Waals surface area contributed by atoms with E-state index < -0.39 is 0 Å². The number of nitrogens with one attached hydrogen (secondary N) is 2. The zero-order chi connectivity index (χ0) is 19.8. The van der Waals surface area contributed by atoms with Gasteiger partial charge >= 0.3 is 6.03 Å². The first-order chi connectivity index (χ1) is 13.7. The van der Waals surface area contributed by atoms with E-state index in [2.05, 4.69) is 10.6 Å². The van der Waals surface area contributed by atoms with E-state index in [1.165, 1.54) is 0 Å². The van der Waals surface area contributed by atoms with Crippen LogP contribution in [0.4, 0.5) is 10.5 Å². The van der Waals surface area contributed by atoms with E-state index in [0.717, 1.165) is 11.1 Å². The van der Waals surface area contributed by atoms with Crippen LogP contribution in [0.1, 0.15) is 24.1 Å². The number of urea groups is 1. The molecule has 3 aromatic rings. The summed E-state index contributed by atoms with van der Waals surface area (Å²) < 4.78 is 11.3. The molecule has 0 aliphatic rings. The Hall–Kier alpha value is -3.47. The third-order valence-electron chi connectivity index (χ3n) is 4.31. The highest BCUT2D eigenvalue weighted by atomic mass is 16.5. The van der Waals surface area contributed by atoms with Gasteiger partial charge in [0.15, 0.2) is 11.5 Å². The summed E-state index contributed by atoms with van der Waals surface area (Å²) in [4.78, 5) is 12.3. The highest BCUT2D eigenvalue weighted by Crippen LogP contribution is 2.31. The van der Waals surface area contributed by atoms with Gasteiger partial charge in [0.2, 0.25) is 0 Å². The molecule has 0 bridgehead atoms. The number of rotatable bonds is 7. The molecule has 0 unspecified atom stereocenters. The van der Waals surface area contributed by atoms with Gasteiger partial charge in [-0.2, -0.15) is 0 Å². The van der Waals surface area contributed by atoms with Gasteiger partial charge in [0, 0.05) is 11.8 Å². The van der Waals surface area contributed by atoms with E-state index in [9.17, 15) is 4.79 Å². The van der Waals surface area contributed by atoms with Crippen LogP contribution >= 0.6 is 0 Å². The second-order valence-corrected chi connectivity index (χ2v) is 6.37. The standard InChI is InChI=1S/C23H24N2O3/c1-17(19-11-7-4-8-12-19)24-23(26)25-20-13-14-21(22(15-20)27-2)28-16-18-9-5-3-6-10-18/h3-15,17H,16H2,1-2H3,(H2,24,25,26)/t17-/m0/s1. The Labute approximate surface area is 165 Å². The van der Waals surface area contributed by atoms with Crippen LogP contribution < -0.4 is 20.1 Å². The predicted molar refractivity (Wildman–Crippen MR) is 111 cm³/mol. The van der Waals surface area contributed by atoms with Crippen molar-refractivity contribution >= 4 is 11.7 Å². The largest absolute Gasteiger partial charge is 0.493 e. The minimum Gasteiger partial charge on any atom is -0.493 e. The van der Waals surface area contributed by atoms with Crippen molar-refractivity contribution in [1.29, 1.82) is 0 Å². The highest BCUT2D eigenvalue weighted by Gasteiger charge is 2.11. The van der Waals surface area contributed by atoms with Crippen molar-refractivity contribution in [2.24, 2.45) is 0 Å². The van der Waals surface area contributed by atoms with Crippen LogP contribution in [0.15, 0.2) is 78.9 Å². The average molecular weight is 376 g/mol. The second-order valence-electron chi connectivity index (χ2n) is 6.37. The molecular formula is C23H24N2O3. The zero-order valence-corrected chi connectivity index (χ0v) is 16.0. The van der Waals surface area contributed by atoms with Crippen molar-refractivity contribution < 1.29 is 14.3 Å². The van der Waals surface area contributed by atoms with Gasteiger partial charge in [0.05, 0.1) is 13.2 Å². The smallest absolute Gasteiger partial charge is 0.319 e. The average Bonchev–Trinajstić information content (AvgIpc) is 2.74. The summed E-state index contributed by atoms with van der Waals surface area (Å²) >= 11 is 0. The van der Waals surface area contributed by atoms with Crippen molar-refractivity contribution in [3.8, 4) is 11.5 Å². The van der Waals surface area contributed by atoms with Crippen LogP contribution in [0.3, 0.4) is 0 Å². The first-order valence-corrected chi connectivity index (χ1v) is 9.13. The fourth-order valence-electron chi connectivity index (χ4n) is 2.79. The quantitative estimate of drug-likeness (QED) is 0.599. The van der Waals surface area contributed by atoms with Crippen LogP contribution in [0.2, 0.25) is 0 Å². The van der Waals surface area contributed by atoms with E-state index in [0.29, 0.717) is 23.8 Å². The third-order valence-corrected chi connectivity index (χ3v) is 4.31. The van der Waals surface area contributed by atoms with Gasteiger partial charge in [-0.05, 0) is 30.2 Å². The summed E-state index contributed by atoms with van der Waals surface area (Å²) in [6, 6.07) is 24.7. The SMILES string of the molecule is COc1cc(NC(=O)N[C@@H](C)c2ccccc2)ccc1OCc1ccccc1. The molecule has 0 saturated heterocycles. The maximum atomic E-state index is 12.3. The molecule has 3 rings (SSSR count). The fraction of sp³-hybridized carbons (Fsp3) is 0.174. The maximum absolute atomic E-state index is 12.3. The van der Waals surface area contributed by atoms with Crippen LogP contribution in [0.25, 0.3) is 0 Å². The molecule has 0 saturated carbocycles. The van der Waals surface area contributed by atoms with Crippen molar-refractivity contribution in [3.05, 3.63) is 90.0 Å². The highest BCUT2D eigenvalue weighted by molar-refractivity contribution is 5.89. The molecule has 144 valence electrons. The lowest BCUT2D eigenvalue weighted by atomic mass is 10.1. The Kier molecular flexibility index (Phi) is 6.52. The van der Waals surface area contributed by atoms with E-state index in [1.807, 2.05) is 67.6 Å². The number of amides is 2. The lowest BCUT2D eigenvalue weighted by Gasteiger charge is -2.16. The molecule has 28 heavy (non-hydrogen) atoms. The molecule has 0 fully saturated rings. The van der Waals surface area contributed by atoms with Crippen LogP contribution in [-0.4, -0.2) is 13.1 Å². The van der Waals surface area contributed by atoms with Crippen molar-refractivity contribution in [1.82, 2.24) is 5.32 Å². The molecular weight excluding hydrogens is 352 g/mol. The number of hydrogen-bond acceptors (Lipinski definition) is 3. The first-order valence-electron chi connectivity index (χ1n) is 9.13. The van der Waals surface area contributed by atoms with E-state index in [1.54, 1.807) is 25.3 Å². The molecule has 1 atom stereocenters. The van der Waals surface area contributed by atoms with Crippen molar-refractivity contribution in [2.75, 3.05) is 12.4 Å². The molecule has 5 nitrogen and oxygen atoms in total. The molecule has 0 spiro atoms. The topological polar surface area (TPSA) is 59.6 Å². The van der Waals surface area contributed by atoms with E-state index >= 15 is 0 Å². The number of anilines is 1. The molecule has 2 amide bonds. The van der Waals surface area contributed by atoms with Gasteiger partial charge in [0.1, 0.15) is 6.61 Å². The summed E-state index contributed by atoms with van der Waals surface area (Å²) in [6.45, 7) is 2.38. The van der Waals surface area contributed by atoms with Gasteiger partial charge in [-0.1, -0.05) is 60.7 Å². The summed E-state index contributed by atoms with van der Waals surface area (Å²) in [5.74, 6) is 1.18. The second kappa shape index (κ2) is 9.46. The number of carbonyl (C=O) groups excluding carboxylic acids is 1. The number of benzene rings is 3. The first kappa shape index (κ1) is 19.3. The van der Waals surface area contributed by atoms with Crippen LogP contribution in [0, 0.1) is 0 Å². The maximum Gasteiger partial charge on any atom is 0.319 e. The summed E-state index contributed by atoms with van der Waals surface area (Å²) in [5, 5.41) is 5.75. The summed E-state index contributed by atoms with van der Waals surface area (Å²) in [7, 11) is 1.58. The molecule has 0 heterocycles. The number of hydrogen-bond donors (Lipinski definition) is 2. The summed E-state index contributed by atoms with van der Waals surface area (Å²) in [5.41, 5.74) is 2.74. The van der Waals surface area contributed by atoms with Gasteiger partial charge in [-0.25, -0.2) is 4.79 Å². The summed E-state index contributed by atoms with van der Waals surface area (Å²) in [6.07, 6.45) is 0. The zero-order valence-electron chi connectivity index (χ0n) is 16.0. The predicted octanol–water partition coefficient (Wildman–Crippen LogP) is 5.16. The number of methoxy groups -OCH3 is 1. The van der Waals surface area contributed by atoms with Gasteiger partial charge in [0.25, 0.3) is 0 Å². The van der Waals surface area contributed by atoms with Gasteiger partial charge in [-0.15, -0.1) is 0 Å². The van der Waals surface area contributed by atoms with Crippen LogP contribution in [0.5, 0.6) is 11.5 Å². The minimum atomic E-state index is -0.281. The van der Waals surface area contributed by atoms with E-state index in [-0.39, 0.29) is 12.1 Å². The number of ether oxygens (including phenoxy) is 2. The van der Waals surface area contributed by atoms with E-state index in [4.69, 9.17) is 9.47 Å². The van der Waals surface area contributed by atoms with Crippen LogP contribution in [-0.2, 0) is 6.61 Å². The Bertz CT molecular complexity index is 898. The Morgan fingerprint density at radius 1 is 0.929 bits per heavy atom. The molecule has 3 aromatic carbocycles. The Morgan fingerprint density at radius 2 is 1.61 bits per heavy atom.